The Bertz CT molecular complexity index is 809. The predicted octanol–water partition coefficient (Wildman–Crippen LogP) is 3.24. The number of nitrogens with zero attached hydrogens (tertiary/aromatic N) is 2. The third-order valence-electron chi connectivity index (χ3n) is 3.86. The number of methoxy groups -OCH3 is 1. The lowest BCUT2D eigenvalue weighted by Gasteiger charge is -2.30. The van der Waals surface area contributed by atoms with E-state index in [4.69, 9.17) is 4.74 Å². The Morgan fingerprint density at radius 2 is 1.92 bits per heavy atom. The maximum absolute atomic E-state index is 13.2. The molecule has 3 rings (SSSR count). The molecule has 0 unspecified atom stereocenters. The fraction of sp³-hybridized carbons (Fsp3) is 0.400. The van der Waals surface area contributed by atoms with E-state index in [0.717, 1.165) is 26.1 Å². The van der Waals surface area contributed by atoms with E-state index < -0.39 is 28.8 Å². The molecule has 1 aliphatic heterocycles. The van der Waals surface area contributed by atoms with Crippen LogP contribution in [0.2, 0.25) is 0 Å². The van der Waals surface area contributed by atoms with Gasteiger partial charge in [0.15, 0.2) is 0 Å². The molecular formula is C15H16F2N2O3S2. The first-order valence-electron chi connectivity index (χ1n) is 7.30. The normalized spacial score (nSPS) is 18.5. The van der Waals surface area contributed by atoms with Gasteiger partial charge in [-0.3, -0.25) is 0 Å². The van der Waals surface area contributed by atoms with Crippen molar-refractivity contribution in [3.05, 3.63) is 30.5 Å². The first kappa shape index (κ1) is 17.2. The van der Waals surface area contributed by atoms with Gasteiger partial charge >= 0.3 is 0 Å². The van der Waals surface area contributed by atoms with Crippen molar-refractivity contribution in [2.75, 3.05) is 20.2 Å². The summed E-state index contributed by atoms with van der Waals surface area (Å²) in [4.78, 5) is 4.83. The van der Waals surface area contributed by atoms with Crippen molar-refractivity contribution in [3.8, 4) is 16.3 Å². The van der Waals surface area contributed by atoms with Crippen molar-refractivity contribution < 1.29 is 21.9 Å². The molecule has 0 bridgehead atoms. The fourth-order valence-corrected chi connectivity index (χ4v) is 5.33. The second-order valence-electron chi connectivity index (χ2n) is 5.47. The first-order chi connectivity index (χ1) is 11.3. The maximum Gasteiger partial charge on any atom is 0.252 e. The van der Waals surface area contributed by atoms with Crippen LogP contribution in [0.5, 0.6) is 5.88 Å². The highest BCUT2D eigenvalue weighted by molar-refractivity contribution is 7.91. The number of alkyl halides is 2. The molecule has 0 saturated carbocycles. The number of ether oxygens (including phenoxy) is 1. The lowest BCUT2D eigenvalue weighted by molar-refractivity contribution is -0.0411. The van der Waals surface area contributed by atoms with E-state index in [1.165, 1.54) is 13.2 Å². The largest absolute Gasteiger partial charge is 0.481 e. The molecule has 3 heterocycles. The minimum Gasteiger partial charge on any atom is -0.481 e. The van der Waals surface area contributed by atoms with Crippen molar-refractivity contribution in [2.24, 2.45) is 0 Å². The van der Waals surface area contributed by atoms with Gasteiger partial charge in [-0.25, -0.2) is 22.2 Å². The van der Waals surface area contributed by atoms with Gasteiger partial charge in [0.1, 0.15) is 4.21 Å². The summed E-state index contributed by atoms with van der Waals surface area (Å²) in [5.74, 6) is -2.31. The molecule has 1 aliphatic rings. The van der Waals surface area contributed by atoms with E-state index >= 15 is 0 Å². The summed E-state index contributed by atoms with van der Waals surface area (Å²) in [6.07, 6.45) is 0.724. The number of aromatic nitrogens is 1. The Morgan fingerprint density at radius 3 is 2.50 bits per heavy atom. The molecular weight excluding hydrogens is 358 g/mol. The van der Waals surface area contributed by atoms with Crippen LogP contribution in [0.1, 0.15) is 12.8 Å². The van der Waals surface area contributed by atoms with Gasteiger partial charge in [-0.05, 0) is 18.2 Å². The number of hydrogen-bond acceptors (Lipinski definition) is 5. The average molecular weight is 374 g/mol. The van der Waals surface area contributed by atoms with Gasteiger partial charge < -0.3 is 4.74 Å². The molecule has 0 radical (unpaired) electrons. The zero-order valence-corrected chi connectivity index (χ0v) is 14.5. The molecule has 0 aliphatic carbocycles. The van der Waals surface area contributed by atoms with Crippen molar-refractivity contribution in [1.82, 2.24) is 9.29 Å². The van der Waals surface area contributed by atoms with Gasteiger partial charge in [-0.2, -0.15) is 4.31 Å². The molecule has 0 amide bonds. The molecule has 24 heavy (non-hydrogen) atoms. The summed E-state index contributed by atoms with van der Waals surface area (Å²) in [6, 6.07) is 6.68. The van der Waals surface area contributed by atoms with Crippen LogP contribution in [0.15, 0.2) is 34.7 Å². The summed E-state index contributed by atoms with van der Waals surface area (Å²) in [5.41, 5.74) is 0.771. The molecule has 0 atom stereocenters. The second kappa shape index (κ2) is 6.38. The summed E-state index contributed by atoms with van der Waals surface area (Å²) in [5, 5.41) is 0. The van der Waals surface area contributed by atoms with Crippen LogP contribution in [0.25, 0.3) is 10.4 Å². The Hall–Kier alpha value is -1.58. The third kappa shape index (κ3) is 3.42. The van der Waals surface area contributed by atoms with Crippen molar-refractivity contribution in [2.45, 2.75) is 23.0 Å². The zero-order chi connectivity index (χ0) is 17.4. The average Bonchev–Trinajstić information content (AvgIpc) is 3.05. The van der Waals surface area contributed by atoms with Gasteiger partial charge in [-0.1, -0.05) is 0 Å². The first-order valence-corrected chi connectivity index (χ1v) is 9.56. The van der Waals surface area contributed by atoms with Crippen LogP contribution in [-0.2, 0) is 10.0 Å². The van der Waals surface area contributed by atoms with Crippen LogP contribution < -0.4 is 4.74 Å². The zero-order valence-electron chi connectivity index (χ0n) is 12.9. The second-order valence-corrected chi connectivity index (χ2v) is 8.72. The summed E-state index contributed by atoms with van der Waals surface area (Å²) >= 11 is 1.10. The standard InChI is InChI=1S/C15H16F2N2O3S2/c1-22-13-4-2-11(10-18-13)12-3-5-14(23-12)24(20,21)19-8-6-15(16,17)7-9-19/h2-5,10H,6-9H2,1H3. The minimum atomic E-state index is -3.74. The summed E-state index contributed by atoms with van der Waals surface area (Å²) in [7, 11) is -2.22. The highest BCUT2D eigenvalue weighted by atomic mass is 32.2. The Kier molecular flexibility index (Phi) is 4.58. The number of sulfonamides is 1. The molecule has 2 aromatic rings. The highest BCUT2D eigenvalue weighted by Crippen LogP contribution is 2.35. The Morgan fingerprint density at radius 1 is 1.21 bits per heavy atom. The van der Waals surface area contributed by atoms with E-state index in [2.05, 4.69) is 4.98 Å². The topological polar surface area (TPSA) is 59.5 Å². The lowest BCUT2D eigenvalue weighted by Crippen LogP contribution is -2.42. The van der Waals surface area contributed by atoms with Crippen molar-refractivity contribution >= 4 is 21.4 Å². The van der Waals surface area contributed by atoms with Gasteiger partial charge in [0.05, 0.1) is 7.11 Å². The molecule has 0 N–H and O–H groups in total. The van der Waals surface area contributed by atoms with Gasteiger partial charge in [0, 0.05) is 48.6 Å². The highest BCUT2D eigenvalue weighted by Gasteiger charge is 2.39. The number of hydrogen-bond donors (Lipinski definition) is 0. The van der Waals surface area contributed by atoms with Crippen molar-refractivity contribution in [3.63, 3.8) is 0 Å². The number of pyridine rings is 1. The Labute approximate surface area is 142 Å². The van der Waals surface area contributed by atoms with E-state index in [1.54, 1.807) is 24.4 Å². The molecule has 1 saturated heterocycles. The van der Waals surface area contributed by atoms with Crippen LogP contribution in [0.4, 0.5) is 8.78 Å². The van der Waals surface area contributed by atoms with Gasteiger partial charge in [0.2, 0.25) is 5.88 Å². The maximum atomic E-state index is 13.2. The molecule has 0 aromatic carbocycles. The summed E-state index contributed by atoms with van der Waals surface area (Å²) < 4.78 is 57.9. The minimum absolute atomic E-state index is 0.151. The van der Waals surface area contributed by atoms with Crippen LogP contribution in [0.3, 0.4) is 0 Å². The van der Waals surface area contributed by atoms with E-state index in [0.29, 0.717) is 5.88 Å². The monoisotopic (exact) mass is 374 g/mol. The molecule has 130 valence electrons. The molecule has 0 spiro atoms. The fourth-order valence-electron chi connectivity index (χ4n) is 2.44. The number of halogens is 2. The Balaban J connectivity index is 1.81. The van der Waals surface area contributed by atoms with Crippen LogP contribution in [-0.4, -0.2) is 43.8 Å². The van der Waals surface area contributed by atoms with Gasteiger partial charge in [-0.15, -0.1) is 11.3 Å². The molecule has 2 aromatic heterocycles. The van der Waals surface area contributed by atoms with Crippen molar-refractivity contribution in [1.29, 1.82) is 0 Å². The van der Waals surface area contributed by atoms with Gasteiger partial charge in [0.25, 0.3) is 15.9 Å². The quantitative estimate of drug-likeness (QED) is 0.824. The lowest BCUT2D eigenvalue weighted by atomic mass is 10.1. The molecule has 5 nitrogen and oxygen atoms in total. The third-order valence-corrected chi connectivity index (χ3v) is 7.36. The predicted molar refractivity (Wildman–Crippen MR) is 87.0 cm³/mol. The van der Waals surface area contributed by atoms with E-state index in [-0.39, 0.29) is 17.3 Å². The number of piperidine rings is 1. The number of rotatable bonds is 4. The van der Waals surface area contributed by atoms with E-state index in [1.807, 2.05) is 0 Å². The smallest absolute Gasteiger partial charge is 0.252 e. The van der Waals surface area contributed by atoms with E-state index in [9.17, 15) is 17.2 Å². The molecule has 1 fully saturated rings. The SMILES string of the molecule is COc1ccc(-c2ccc(S(=O)(=O)N3CCC(F)(F)CC3)s2)cn1. The summed E-state index contributed by atoms with van der Waals surface area (Å²) in [6.45, 7) is -0.320. The van der Waals surface area contributed by atoms with Crippen LogP contribution in [0, 0.1) is 0 Å². The number of thiophene rings is 1. The molecule has 9 heteroatoms. The van der Waals surface area contributed by atoms with Crippen LogP contribution >= 0.6 is 11.3 Å².